The molecule has 12 aromatic rings. The van der Waals surface area contributed by atoms with Crippen molar-refractivity contribution in [3.8, 4) is 33.6 Å². The molecule has 2 nitrogen and oxygen atoms in total. The third-order valence-corrected chi connectivity index (χ3v) is 11.9. The zero-order valence-corrected chi connectivity index (χ0v) is 30.5. The van der Waals surface area contributed by atoms with E-state index in [4.69, 9.17) is 0 Å². The Balaban J connectivity index is 0.923. The van der Waals surface area contributed by atoms with Gasteiger partial charge in [-0.15, -0.1) is 0 Å². The van der Waals surface area contributed by atoms with Crippen LogP contribution in [0.5, 0.6) is 0 Å². The van der Waals surface area contributed by atoms with E-state index in [9.17, 15) is 0 Å². The molecule has 0 aliphatic rings. The van der Waals surface area contributed by atoms with E-state index in [0.717, 1.165) is 0 Å². The quantitative estimate of drug-likeness (QED) is 0.172. The van der Waals surface area contributed by atoms with Crippen LogP contribution in [-0.2, 0) is 0 Å². The average molecular weight is 711 g/mol. The minimum atomic E-state index is 1.18. The van der Waals surface area contributed by atoms with Crippen molar-refractivity contribution in [2.24, 2.45) is 0 Å². The van der Waals surface area contributed by atoms with E-state index < -0.39 is 0 Å². The Morgan fingerprint density at radius 3 is 0.911 bits per heavy atom. The van der Waals surface area contributed by atoms with Gasteiger partial charge in [0.25, 0.3) is 0 Å². The van der Waals surface area contributed by atoms with Crippen LogP contribution in [0.15, 0.2) is 206 Å². The monoisotopic (exact) mass is 710 g/mol. The Morgan fingerprint density at radius 2 is 0.536 bits per heavy atom. The molecule has 2 aromatic heterocycles. The summed E-state index contributed by atoms with van der Waals surface area (Å²) in [6.45, 7) is 0. The van der Waals surface area contributed by atoms with E-state index in [1.807, 2.05) is 0 Å². The molecule has 0 fully saturated rings. The van der Waals surface area contributed by atoms with Crippen LogP contribution in [-0.4, -0.2) is 9.13 Å². The fraction of sp³-hybridized carbons (Fsp3) is 0. The Morgan fingerprint density at radius 1 is 0.232 bits per heavy atom. The minimum absolute atomic E-state index is 1.18. The molecule has 10 aromatic carbocycles. The molecule has 2 heterocycles. The second-order valence-electron chi connectivity index (χ2n) is 14.9. The Bertz CT molecular complexity index is 3200. The zero-order chi connectivity index (χ0) is 36.7. The maximum absolute atomic E-state index is 2.39. The van der Waals surface area contributed by atoms with Crippen molar-refractivity contribution in [2.45, 2.75) is 0 Å². The summed E-state index contributed by atoms with van der Waals surface area (Å²) in [5, 5.41) is 12.6. The molecule has 0 aliphatic carbocycles. The maximum Gasteiger partial charge on any atom is 0.0541 e. The third kappa shape index (κ3) is 4.63. The fourth-order valence-electron chi connectivity index (χ4n) is 9.28. The Labute approximate surface area is 323 Å². The van der Waals surface area contributed by atoms with Crippen LogP contribution >= 0.6 is 0 Å². The molecule has 0 bridgehead atoms. The summed E-state index contributed by atoms with van der Waals surface area (Å²) in [6, 6.07) is 75.8. The summed E-state index contributed by atoms with van der Waals surface area (Å²) in [4.78, 5) is 0. The van der Waals surface area contributed by atoms with Crippen molar-refractivity contribution >= 4 is 75.9 Å². The van der Waals surface area contributed by atoms with Gasteiger partial charge in [-0.3, -0.25) is 0 Å². The summed E-state index contributed by atoms with van der Waals surface area (Å²) in [7, 11) is 0. The first-order valence-corrected chi connectivity index (χ1v) is 19.3. The first-order chi connectivity index (χ1) is 27.8. The summed E-state index contributed by atoms with van der Waals surface area (Å²) in [5.41, 5.74) is 12.2. The number of benzene rings is 10. The lowest BCUT2D eigenvalue weighted by molar-refractivity contribution is 1.19. The summed E-state index contributed by atoms with van der Waals surface area (Å²) in [6.07, 6.45) is 0. The number of hydrogen-bond donors (Lipinski definition) is 0. The number of hydrogen-bond acceptors (Lipinski definition) is 0. The van der Waals surface area contributed by atoms with Crippen LogP contribution in [0.25, 0.3) is 110 Å². The third-order valence-electron chi connectivity index (χ3n) is 11.9. The topological polar surface area (TPSA) is 9.86 Å². The Kier molecular flexibility index (Phi) is 6.66. The van der Waals surface area contributed by atoms with Crippen molar-refractivity contribution in [1.29, 1.82) is 0 Å². The van der Waals surface area contributed by atoms with Crippen molar-refractivity contribution in [3.05, 3.63) is 206 Å². The highest BCUT2D eigenvalue weighted by Gasteiger charge is 2.15. The predicted molar refractivity (Wildman–Crippen MR) is 239 cm³/mol. The lowest BCUT2D eigenvalue weighted by Crippen LogP contribution is -1.94. The summed E-state index contributed by atoms with van der Waals surface area (Å²) in [5.74, 6) is 0. The van der Waals surface area contributed by atoms with E-state index in [1.165, 1.54) is 110 Å². The van der Waals surface area contributed by atoms with Crippen molar-refractivity contribution < 1.29 is 0 Å². The van der Waals surface area contributed by atoms with Gasteiger partial charge in [0.1, 0.15) is 0 Å². The van der Waals surface area contributed by atoms with E-state index in [1.54, 1.807) is 0 Å². The van der Waals surface area contributed by atoms with Gasteiger partial charge in [0, 0.05) is 32.9 Å². The van der Waals surface area contributed by atoms with Gasteiger partial charge in [-0.25, -0.2) is 0 Å². The zero-order valence-electron chi connectivity index (χ0n) is 30.5. The second kappa shape index (κ2) is 12.0. The van der Waals surface area contributed by atoms with Crippen molar-refractivity contribution in [1.82, 2.24) is 9.13 Å². The highest BCUT2D eigenvalue weighted by Crippen LogP contribution is 2.39. The molecule has 0 atom stereocenters. The van der Waals surface area contributed by atoms with Crippen molar-refractivity contribution in [2.75, 3.05) is 0 Å². The van der Waals surface area contributed by atoms with Crippen LogP contribution in [0.4, 0.5) is 0 Å². The number of fused-ring (bicyclic) bond motifs is 9. The van der Waals surface area contributed by atoms with E-state index >= 15 is 0 Å². The van der Waals surface area contributed by atoms with Gasteiger partial charge < -0.3 is 9.13 Å². The van der Waals surface area contributed by atoms with Gasteiger partial charge in [-0.2, -0.15) is 0 Å². The molecule has 0 unspecified atom stereocenters. The van der Waals surface area contributed by atoms with Crippen molar-refractivity contribution in [3.63, 3.8) is 0 Å². The van der Waals surface area contributed by atoms with Crippen LogP contribution in [0.3, 0.4) is 0 Å². The minimum Gasteiger partial charge on any atom is -0.309 e. The fourth-order valence-corrected chi connectivity index (χ4v) is 9.28. The van der Waals surface area contributed by atoms with Gasteiger partial charge in [-0.1, -0.05) is 146 Å². The van der Waals surface area contributed by atoms with Crippen LogP contribution in [0, 0.1) is 0 Å². The number of nitrogens with zero attached hydrogens (tertiary/aromatic N) is 2. The molecule has 0 spiro atoms. The molecular formula is C54H34N2. The largest absolute Gasteiger partial charge is 0.309 e. The molecule has 0 radical (unpaired) electrons. The van der Waals surface area contributed by atoms with E-state index in [2.05, 4.69) is 215 Å². The standard InChI is InChI=1S/C54H34N2/c1-2-12-46-44(40-24-22-38-34-42(28-26-36(38)32-40)56-53-19-9-5-15-49(53)50-16-6-10-20-54(50)56)30-29-43(45(46)11-1)39-23-21-37-33-41(27-25-35(37)31-39)55-51-17-7-3-13-47(51)48-14-4-8-18-52(48)55/h1-34H. The molecule has 0 saturated heterocycles. The number of rotatable bonds is 4. The average Bonchev–Trinajstić information content (AvgIpc) is 3.78. The maximum atomic E-state index is 2.39. The van der Waals surface area contributed by atoms with Gasteiger partial charge >= 0.3 is 0 Å². The Hall–Kier alpha value is -7.42. The highest BCUT2D eigenvalue weighted by molar-refractivity contribution is 6.11. The molecule has 260 valence electrons. The van der Waals surface area contributed by atoms with E-state index in [0.29, 0.717) is 0 Å². The molecular weight excluding hydrogens is 677 g/mol. The molecule has 0 saturated carbocycles. The first-order valence-electron chi connectivity index (χ1n) is 19.3. The normalized spacial score (nSPS) is 11.9. The molecule has 12 rings (SSSR count). The van der Waals surface area contributed by atoms with E-state index in [-0.39, 0.29) is 0 Å². The number of para-hydroxylation sites is 4. The SMILES string of the molecule is c1ccc2c(-c3ccc4cc(-n5c6ccccc6c6ccccc65)ccc4c3)ccc(-c3ccc4cc(-n5c6ccccc6c6ccccc65)ccc4c3)c2c1. The lowest BCUT2D eigenvalue weighted by Gasteiger charge is -2.14. The highest BCUT2D eigenvalue weighted by atomic mass is 15.0. The molecule has 2 heteroatoms. The van der Waals surface area contributed by atoms with Gasteiger partial charge in [0.05, 0.1) is 22.1 Å². The second-order valence-corrected chi connectivity index (χ2v) is 14.9. The molecule has 0 N–H and O–H groups in total. The summed E-state index contributed by atoms with van der Waals surface area (Å²) < 4.78 is 4.78. The van der Waals surface area contributed by atoms with Crippen LogP contribution < -0.4 is 0 Å². The molecule has 0 aliphatic heterocycles. The number of aromatic nitrogens is 2. The van der Waals surface area contributed by atoms with Gasteiger partial charge in [0.2, 0.25) is 0 Å². The smallest absolute Gasteiger partial charge is 0.0541 e. The molecule has 0 amide bonds. The predicted octanol–water partition coefficient (Wildman–Crippen LogP) is 14.7. The lowest BCUT2D eigenvalue weighted by atomic mass is 9.90. The van der Waals surface area contributed by atoms with Crippen LogP contribution in [0.1, 0.15) is 0 Å². The summed E-state index contributed by atoms with van der Waals surface area (Å²) >= 11 is 0. The van der Waals surface area contributed by atoms with Crippen LogP contribution in [0.2, 0.25) is 0 Å². The van der Waals surface area contributed by atoms with Gasteiger partial charge in [-0.05, 0) is 115 Å². The van der Waals surface area contributed by atoms with Gasteiger partial charge in [0.15, 0.2) is 0 Å². The first kappa shape index (κ1) is 31.0. The molecule has 56 heavy (non-hydrogen) atoms.